The number of anilines is 1. The second-order valence-corrected chi connectivity index (χ2v) is 7.29. The molecule has 3 nitrogen and oxygen atoms in total. The third-order valence-electron chi connectivity index (χ3n) is 4.18. The highest BCUT2D eigenvalue weighted by Gasteiger charge is 2.24. The first-order valence-electron chi connectivity index (χ1n) is 8.29. The molecular formula is C22H16INO2. The molecule has 0 spiro atoms. The van der Waals surface area contributed by atoms with Crippen molar-refractivity contribution in [1.29, 1.82) is 0 Å². The third-order valence-corrected chi connectivity index (χ3v) is 4.85. The van der Waals surface area contributed by atoms with Crippen molar-refractivity contribution in [3.05, 3.63) is 93.1 Å². The summed E-state index contributed by atoms with van der Waals surface area (Å²) >= 11 is 2.26. The number of rotatable bonds is 4. The van der Waals surface area contributed by atoms with Gasteiger partial charge in [-0.15, -0.1) is 0 Å². The summed E-state index contributed by atoms with van der Waals surface area (Å²) in [6.07, 6.45) is 1.91. The van der Waals surface area contributed by atoms with Crippen molar-refractivity contribution in [3.63, 3.8) is 0 Å². The molecule has 1 aliphatic heterocycles. The molecule has 0 saturated carbocycles. The van der Waals surface area contributed by atoms with Gasteiger partial charge in [-0.2, -0.15) is 0 Å². The molecule has 0 atom stereocenters. The number of halogens is 1. The van der Waals surface area contributed by atoms with Gasteiger partial charge in [0.25, 0.3) is 5.91 Å². The SMILES string of the molecule is O=C1Nc2ccc(I)cc2C1=Cc1cccc(OCc2ccccc2)c1. The molecule has 0 bridgehead atoms. The van der Waals surface area contributed by atoms with Crippen LogP contribution in [0.25, 0.3) is 11.6 Å². The standard InChI is InChI=1S/C22H16INO2/c23-17-9-10-21-19(13-17)20(22(25)24-21)12-16-7-4-8-18(11-16)26-14-15-5-2-1-3-6-15/h1-13H,14H2,(H,24,25). The second kappa shape index (κ2) is 7.33. The number of hydrogen-bond donors (Lipinski definition) is 1. The fourth-order valence-electron chi connectivity index (χ4n) is 2.91. The highest BCUT2D eigenvalue weighted by Crippen LogP contribution is 2.34. The highest BCUT2D eigenvalue weighted by molar-refractivity contribution is 14.1. The molecule has 4 rings (SSSR count). The smallest absolute Gasteiger partial charge is 0.256 e. The number of fused-ring (bicyclic) bond motifs is 1. The Morgan fingerprint density at radius 3 is 2.65 bits per heavy atom. The van der Waals surface area contributed by atoms with Gasteiger partial charge in [-0.3, -0.25) is 4.79 Å². The molecule has 1 amide bonds. The van der Waals surface area contributed by atoms with Crippen LogP contribution in [0.2, 0.25) is 0 Å². The Morgan fingerprint density at radius 2 is 1.81 bits per heavy atom. The Kier molecular flexibility index (Phi) is 4.75. The second-order valence-electron chi connectivity index (χ2n) is 6.05. The maximum atomic E-state index is 12.3. The van der Waals surface area contributed by atoms with Crippen molar-refractivity contribution in [2.45, 2.75) is 6.61 Å². The van der Waals surface area contributed by atoms with Crippen LogP contribution in [0, 0.1) is 3.57 Å². The van der Waals surface area contributed by atoms with Crippen LogP contribution in [0.4, 0.5) is 5.69 Å². The fourth-order valence-corrected chi connectivity index (χ4v) is 3.40. The van der Waals surface area contributed by atoms with Crippen LogP contribution in [0.1, 0.15) is 16.7 Å². The molecule has 3 aromatic carbocycles. The van der Waals surface area contributed by atoms with E-state index in [-0.39, 0.29) is 5.91 Å². The molecule has 0 unspecified atom stereocenters. The Balaban J connectivity index is 1.58. The van der Waals surface area contributed by atoms with Crippen molar-refractivity contribution < 1.29 is 9.53 Å². The monoisotopic (exact) mass is 453 g/mol. The molecule has 0 radical (unpaired) electrons. The zero-order valence-corrected chi connectivity index (χ0v) is 16.1. The number of carbonyl (C=O) groups excluding carboxylic acids is 1. The summed E-state index contributed by atoms with van der Waals surface area (Å²) in [6.45, 7) is 0.516. The van der Waals surface area contributed by atoms with Crippen LogP contribution in [-0.2, 0) is 11.4 Å². The molecule has 26 heavy (non-hydrogen) atoms. The lowest BCUT2D eigenvalue weighted by Crippen LogP contribution is -2.03. The lowest BCUT2D eigenvalue weighted by atomic mass is 10.0. The Morgan fingerprint density at radius 1 is 0.962 bits per heavy atom. The maximum absolute atomic E-state index is 12.3. The number of ether oxygens (including phenoxy) is 1. The molecule has 3 aromatic rings. The van der Waals surface area contributed by atoms with E-state index in [0.717, 1.165) is 31.7 Å². The van der Waals surface area contributed by atoms with Crippen LogP contribution in [0.5, 0.6) is 5.75 Å². The number of benzene rings is 3. The lowest BCUT2D eigenvalue weighted by Gasteiger charge is -2.07. The predicted octanol–water partition coefficient (Wildman–Crippen LogP) is 5.36. The zero-order chi connectivity index (χ0) is 17.9. The molecule has 1 aliphatic rings. The van der Waals surface area contributed by atoms with E-state index in [9.17, 15) is 4.79 Å². The molecular weight excluding hydrogens is 437 g/mol. The van der Waals surface area contributed by atoms with Gasteiger partial charge in [0.1, 0.15) is 12.4 Å². The summed E-state index contributed by atoms with van der Waals surface area (Å²) in [6, 6.07) is 23.8. The van der Waals surface area contributed by atoms with Gasteiger partial charge in [0, 0.05) is 20.4 Å². The van der Waals surface area contributed by atoms with Crippen molar-refractivity contribution >= 4 is 45.8 Å². The summed E-state index contributed by atoms with van der Waals surface area (Å²) in [7, 11) is 0. The Hall–Kier alpha value is -2.60. The molecule has 1 heterocycles. The third kappa shape index (κ3) is 3.65. The van der Waals surface area contributed by atoms with Gasteiger partial charge in [-0.05, 0) is 70.1 Å². The Labute approximate surface area is 165 Å². The molecule has 0 aromatic heterocycles. The largest absolute Gasteiger partial charge is 0.489 e. The molecule has 0 aliphatic carbocycles. The minimum absolute atomic E-state index is 0.0717. The summed E-state index contributed by atoms with van der Waals surface area (Å²) in [5.41, 5.74) is 4.54. The van der Waals surface area contributed by atoms with E-state index in [2.05, 4.69) is 27.9 Å². The van der Waals surface area contributed by atoms with Crippen molar-refractivity contribution in [3.8, 4) is 5.75 Å². The van der Waals surface area contributed by atoms with Gasteiger partial charge >= 0.3 is 0 Å². The molecule has 0 fully saturated rings. The Bertz CT molecular complexity index is 996. The van der Waals surface area contributed by atoms with Gasteiger partial charge in [0.2, 0.25) is 0 Å². The minimum atomic E-state index is -0.0717. The normalized spacial score (nSPS) is 14.2. The topological polar surface area (TPSA) is 38.3 Å². The maximum Gasteiger partial charge on any atom is 0.256 e. The highest BCUT2D eigenvalue weighted by atomic mass is 127. The number of carbonyl (C=O) groups is 1. The predicted molar refractivity (Wildman–Crippen MR) is 113 cm³/mol. The first kappa shape index (κ1) is 16.8. The molecule has 1 N–H and O–H groups in total. The average molecular weight is 453 g/mol. The van der Waals surface area contributed by atoms with Crippen molar-refractivity contribution in [1.82, 2.24) is 0 Å². The van der Waals surface area contributed by atoms with Crippen LogP contribution in [0.3, 0.4) is 0 Å². The minimum Gasteiger partial charge on any atom is -0.489 e. The van der Waals surface area contributed by atoms with Gasteiger partial charge in [-0.1, -0.05) is 42.5 Å². The van der Waals surface area contributed by atoms with Gasteiger partial charge in [-0.25, -0.2) is 0 Å². The van der Waals surface area contributed by atoms with E-state index in [1.165, 1.54) is 0 Å². The quantitative estimate of drug-likeness (QED) is 0.427. The fraction of sp³-hybridized carbons (Fsp3) is 0.0455. The average Bonchev–Trinajstić information content (AvgIpc) is 2.96. The van der Waals surface area contributed by atoms with Gasteiger partial charge in [0.15, 0.2) is 0 Å². The van der Waals surface area contributed by atoms with Crippen LogP contribution >= 0.6 is 22.6 Å². The summed E-state index contributed by atoms with van der Waals surface area (Å²) < 4.78 is 6.98. The first-order chi connectivity index (χ1) is 12.7. The van der Waals surface area contributed by atoms with Crippen LogP contribution < -0.4 is 10.1 Å². The van der Waals surface area contributed by atoms with Crippen molar-refractivity contribution in [2.24, 2.45) is 0 Å². The van der Waals surface area contributed by atoms with E-state index in [0.29, 0.717) is 12.2 Å². The first-order valence-corrected chi connectivity index (χ1v) is 9.37. The van der Waals surface area contributed by atoms with E-state index < -0.39 is 0 Å². The van der Waals surface area contributed by atoms with E-state index in [4.69, 9.17) is 4.74 Å². The van der Waals surface area contributed by atoms with Crippen molar-refractivity contribution in [2.75, 3.05) is 5.32 Å². The van der Waals surface area contributed by atoms with E-state index in [1.807, 2.05) is 78.9 Å². The van der Waals surface area contributed by atoms with Gasteiger partial charge in [0.05, 0.1) is 0 Å². The number of amides is 1. The summed E-state index contributed by atoms with van der Waals surface area (Å²) in [5, 5.41) is 2.91. The summed E-state index contributed by atoms with van der Waals surface area (Å²) in [4.78, 5) is 12.3. The van der Waals surface area contributed by atoms with Gasteiger partial charge < -0.3 is 10.1 Å². The molecule has 0 saturated heterocycles. The molecule has 4 heteroatoms. The van der Waals surface area contributed by atoms with E-state index in [1.54, 1.807) is 0 Å². The zero-order valence-electron chi connectivity index (χ0n) is 13.9. The lowest BCUT2D eigenvalue weighted by molar-refractivity contribution is -0.110. The summed E-state index contributed by atoms with van der Waals surface area (Å²) in [5.74, 6) is 0.710. The number of nitrogens with one attached hydrogen (secondary N) is 1. The van der Waals surface area contributed by atoms with E-state index >= 15 is 0 Å². The van der Waals surface area contributed by atoms with Crippen LogP contribution in [0.15, 0.2) is 72.8 Å². The molecule has 128 valence electrons. The van der Waals surface area contributed by atoms with Crippen LogP contribution in [-0.4, -0.2) is 5.91 Å². The number of hydrogen-bond acceptors (Lipinski definition) is 2.